The van der Waals surface area contributed by atoms with Gasteiger partial charge >= 0.3 is 0 Å². The van der Waals surface area contributed by atoms with Crippen LogP contribution < -0.4 is 20.3 Å². The maximum Gasteiger partial charge on any atom is 0.263 e. The minimum absolute atomic E-state index is 0.0369. The van der Waals surface area contributed by atoms with E-state index in [-0.39, 0.29) is 29.7 Å². The predicted octanol–water partition coefficient (Wildman–Crippen LogP) is 4.18. The Hall–Kier alpha value is -4.11. The Morgan fingerprint density at radius 2 is 1.91 bits per heavy atom. The lowest BCUT2D eigenvalue weighted by Crippen LogP contribution is -2.28. The van der Waals surface area contributed by atoms with Gasteiger partial charge in [0.05, 0.1) is 14.2 Å². The zero-order valence-corrected chi connectivity index (χ0v) is 19.4. The van der Waals surface area contributed by atoms with Crippen molar-refractivity contribution in [1.82, 2.24) is 14.7 Å². The fourth-order valence-electron chi connectivity index (χ4n) is 3.28. The Morgan fingerprint density at radius 3 is 2.65 bits per heavy atom. The average molecular weight is 481 g/mol. The molecule has 0 saturated carbocycles. The number of aromatic nitrogens is 3. The fourth-order valence-corrected chi connectivity index (χ4v) is 3.46. The van der Waals surface area contributed by atoms with E-state index in [2.05, 4.69) is 15.5 Å². The molecular formula is C24H21ClN4O5. The zero-order valence-electron chi connectivity index (χ0n) is 18.7. The number of anilines is 1. The van der Waals surface area contributed by atoms with Crippen molar-refractivity contribution in [3.63, 3.8) is 0 Å². The van der Waals surface area contributed by atoms with Crippen molar-refractivity contribution in [2.75, 3.05) is 19.5 Å². The van der Waals surface area contributed by atoms with Crippen LogP contribution in [0.3, 0.4) is 0 Å². The van der Waals surface area contributed by atoms with Crippen molar-refractivity contribution < 1.29 is 18.8 Å². The molecule has 10 heteroatoms. The van der Waals surface area contributed by atoms with E-state index in [1.165, 1.54) is 17.9 Å². The van der Waals surface area contributed by atoms with Gasteiger partial charge in [0.15, 0.2) is 11.5 Å². The third-order valence-electron chi connectivity index (χ3n) is 5.09. The summed E-state index contributed by atoms with van der Waals surface area (Å²) in [7, 11) is 3.07. The standard InChI is InChI=1S/C24H21ClN4O5/c1-14-6-8-16(12-18(14)25)26-21(30)13-29-10-4-5-17(24(29)31)23-27-22(28-34-23)15-7-9-19(32-2)20(11-15)33-3/h4-12H,13H2,1-3H3,(H,26,30). The zero-order chi connectivity index (χ0) is 24.2. The number of amides is 1. The number of rotatable bonds is 7. The van der Waals surface area contributed by atoms with Crippen molar-refractivity contribution in [1.29, 1.82) is 0 Å². The molecule has 2 aromatic heterocycles. The highest BCUT2D eigenvalue weighted by Crippen LogP contribution is 2.31. The molecular weight excluding hydrogens is 460 g/mol. The highest BCUT2D eigenvalue weighted by Gasteiger charge is 2.17. The molecule has 4 rings (SSSR count). The molecule has 0 saturated heterocycles. The highest BCUT2D eigenvalue weighted by molar-refractivity contribution is 6.31. The number of hydrogen-bond donors (Lipinski definition) is 1. The van der Waals surface area contributed by atoms with Crippen LogP contribution in [0.25, 0.3) is 22.8 Å². The molecule has 0 radical (unpaired) electrons. The first-order valence-electron chi connectivity index (χ1n) is 10.2. The molecule has 0 aliphatic carbocycles. The summed E-state index contributed by atoms with van der Waals surface area (Å²) in [6.07, 6.45) is 1.51. The molecule has 4 aromatic rings. The first-order valence-corrected chi connectivity index (χ1v) is 10.6. The fraction of sp³-hybridized carbons (Fsp3) is 0.167. The smallest absolute Gasteiger partial charge is 0.263 e. The number of aryl methyl sites for hydroxylation is 1. The Morgan fingerprint density at radius 1 is 1.12 bits per heavy atom. The second-order valence-electron chi connectivity index (χ2n) is 7.36. The van der Waals surface area contributed by atoms with Crippen molar-refractivity contribution in [3.8, 4) is 34.3 Å². The topological polar surface area (TPSA) is 108 Å². The van der Waals surface area contributed by atoms with E-state index in [1.54, 1.807) is 55.6 Å². The lowest BCUT2D eigenvalue weighted by Gasteiger charge is -2.09. The van der Waals surface area contributed by atoms with Crippen LogP contribution in [0.5, 0.6) is 11.5 Å². The number of nitrogens with zero attached hydrogens (tertiary/aromatic N) is 3. The summed E-state index contributed by atoms with van der Waals surface area (Å²) < 4.78 is 17.1. The normalized spacial score (nSPS) is 10.7. The van der Waals surface area contributed by atoms with Gasteiger partial charge in [0.25, 0.3) is 11.4 Å². The molecule has 2 aromatic carbocycles. The molecule has 0 bridgehead atoms. The van der Waals surface area contributed by atoms with E-state index in [0.717, 1.165) is 5.56 Å². The van der Waals surface area contributed by atoms with Crippen LogP contribution in [-0.4, -0.2) is 34.8 Å². The lowest BCUT2D eigenvalue weighted by atomic mass is 10.2. The SMILES string of the molecule is COc1ccc(-c2noc(-c3cccn(CC(=O)Nc4ccc(C)c(Cl)c4)c3=O)n2)cc1OC. The van der Waals surface area contributed by atoms with Crippen molar-refractivity contribution in [2.45, 2.75) is 13.5 Å². The molecule has 2 heterocycles. The highest BCUT2D eigenvalue weighted by atomic mass is 35.5. The van der Waals surface area contributed by atoms with Crippen LogP contribution in [0.15, 0.2) is 64.0 Å². The van der Waals surface area contributed by atoms with Crippen LogP contribution in [0.1, 0.15) is 5.56 Å². The molecule has 34 heavy (non-hydrogen) atoms. The molecule has 0 aliphatic rings. The number of ether oxygens (including phenoxy) is 2. The van der Waals surface area contributed by atoms with Gasteiger partial charge in [-0.15, -0.1) is 0 Å². The average Bonchev–Trinajstić information content (AvgIpc) is 3.32. The first kappa shape index (κ1) is 23.1. The van der Waals surface area contributed by atoms with Crippen LogP contribution in [0.2, 0.25) is 5.02 Å². The van der Waals surface area contributed by atoms with E-state index in [9.17, 15) is 9.59 Å². The number of halogens is 1. The summed E-state index contributed by atoms with van der Waals surface area (Å²) in [5, 5.41) is 7.25. The summed E-state index contributed by atoms with van der Waals surface area (Å²) in [5.74, 6) is 1.01. The molecule has 0 spiro atoms. The van der Waals surface area contributed by atoms with Crippen molar-refractivity contribution >= 4 is 23.2 Å². The Labute approximate surface area is 199 Å². The summed E-state index contributed by atoms with van der Waals surface area (Å²) in [5.41, 5.74) is 1.80. The van der Waals surface area contributed by atoms with E-state index in [1.807, 2.05) is 6.92 Å². The van der Waals surface area contributed by atoms with Gasteiger partial charge in [-0.2, -0.15) is 4.98 Å². The number of hydrogen-bond acceptors (Lipinski definition) is 7. The van der Waals surface area contributed by atoms with Crippen LogP contribution in [-0.2, 0) is 11.3 Å². The van der Waals surface area contributed by atoms with Crippen molar-refractivity contribution in [3.05, 3.63) is 75.7 Å². The minimum atomic E-state index is -0.442. The van der Waals surface area contributed by atoms with E-state index >= 15 is 0 Å². The summed E-state index contributed by atoms with van der Waals surface area (Å²) in [6, 6.07) is 13.6. The number of nitrogens with one attached hydrogen (secondary N) is 1. The molecule has 1 N–H and O–H groups in total. The summed E-state index contributed by atoms with van der Waals surface area (Å²) >= 11 is 6.11. The van der Waals surface area contributed by atoms with Gasteiger partial charge in [-0.1, -0.05) is 22.8 Å². The molecule has 0 fully saturated rings. The second-order valence-corrected chi connectivity index (χ2v) is 7.77. The Balaban J connectivity index is 1.55. The number of methoxy groups -OCH3 is 2. The second kappa shape index (κ2) is 9.80. The number of pyridine rings is 1. The van der Waals surface area contributed by atoms with Crippen molar-refractivity contribution in [2.24, 2.45) is 0 Å². The number of benzene rings is 2. The maximum absolute atomic E-state index is 13.0. The van der Waals surface area contributed by atoms with Gasteiger partial charge in [0, 0.05) is 22.5 Å². The number of carbonyl (C=O) groups excluding carboxylic acids is 1. The first-order chi connectivity index (χ1) is 16.4. The molecule has 9 nitrogen and oxygen atoms in total. The summed E-state index contributed by atoms with van der Waals surface area (Å²) in [4.78, 5) is 29.8. The van der Waals surface area contributed by atoms with Gasteiger partial charge in [-0.3, -0.25) is 9.59 Å². The Bertz CT molecular complexity index is 1410. The van der Waals surface area contributed by atoms with Crippen LogP contribution >= 0.6 is 11.6 Å². The van der Waals surface area contributed by atoms with Gasteiger partial charge < -0.3 is 23.9 Å². The van der Waals surface area contributed by atoms with E-state index < -0.39 is 5.56 Å². The predicted molar refractivity (Wildman–Crippen MR) is 127 cm³/mol. The van der Waals surface area contributed by atoms with Gasteiger partial charge in [-0.05, 0) is 55.0 Å². The van der Waals surface area contributed by atoms with E-state index in [0.29, 0.717) is 27.8 Å². The van der Waals surface area contributed by atoms with Gasteiger partial charge in [-0.25, -0.2) is 0 Å². The minimum Gasteiger partial charge on any atom is -0.493 e. The lowest BCUT2D eigenvalue weighted by molar-refractivity contribution is -0.116. The van der Waals surface area contributed by atoms with Crippen LogP contribution in [0, 0.1) is 6.92 Å². The Kier molecular flexibility index (Phi) is 6.65. The van der Waals surface area contributed by atoms with E-state index in [4.69, 9.17) is 25.6 Å². The maximum atomic E-state index is 13.0. The third-order valence-corrected chi connectivity index (χ3v) is 5.50. The van der Waals surface area contributed by atoms with Crippen LogP contribution in [0.4, 0.5) is 5.69 Å². The largest absolute Gasteiger partial charge is 0.493 e. The molecule has 0 aliphatic heterocycles. The third kappa shape index (κ3) is 4.79. The summed E-state index contributed by atoms with van der Waals surface area (Å²) in [6.45, 7) is 1.67. The molecule has 0 unspecified atom stereocenters. The monoisotopic (exact) mass is 480 g/mol. The van der Waals surface area contributed by atoms with Gasteiger partial charge in [0.1, 0.15) is 12.1 Å². The molecule has 0 atom stereocenters. The number of carbonyl (C=O) groups is 1. The van der Waals surface area contributed by atoms with Gasteiger partial charge in [0.2, 0.25) is 11.7 Å². The quantitative estimate of drug-likeness (QED) is 0.422. The molecule has 174 valence electrons. The molecule has 1 amide bonds.